The Morgan fingerprint density at radius 1 is 0.884 bits per heavy atom. The van der Waals surface area contributed by atoms with Crippen LogP contribution in [0.1, 0.15) is 23.6 Å². The van der Waals surface area contributed by atoms with E-state index in [-0.39, 0.29) is 29.1 Å². The summed E-state index contributed by atoms with van der Waals surface area (Å²) in [5.41, 5.74) is 2.14. The summed E-state index contributed by atoms with van der Waals surface area (Å²) in [5.74, 6) is -1.62. The quantitative estimate of drug-likeness (QED) is 0.205. The van der Waals surface area contributed by atoms with Crippen molar-refractivity contribution in [3.8, 4) is 0 Å². The van der Waals surface area contributed by atoms with Crippen molar-refractivity contribution in [1.82, 2.24) is 10.2 Å². The van der Waals surface area contributed by atoms with E-state index in [1.165, 1.54) is 23.1 Å². The molecule has 0 aromatic heterocycles. The van der Waals surface area contributed by atoms with Crippen LogP contribution in [0, 0.1) is 12.7 Å². The van der Waals surface area contributed by atoms with E-state index in [9.17, 15) is 22.4 Å². The molecule has 1 N–H and O–H groups in total. The molecular weight excluding hydrogens is 633 g/mol. The molecule has 10 heteroatoms. The number of likely N-dealkylation sites (N-methyl/N-ethyl adjacent to an activating group) is 1. The van der Waals surface area contributed by atoms with Crippen LogP contribution in [0.3, 0.4) is 0 Å². The molecule has 0 saturated carbocycles. The summed E-state index contributed by atoms with van der Waals surface area (Å²) in [4.78, 5) is 29.1. The molecule has 2 amide bonds. The number of nitrogens with zero attached hydrogens (tertiary/aromatic N) is 2. The van der Waals surface area contributed by atoms with Gasteiger partial charge in [-0.25, -0.2) is 12.8 Å². The zero-order valence-corrected chi connectivity index (χ0v) is 26.3. The number of anilines is 1. The molecule has 0 radical (unpaired) electrons. The molecule has 1 atom stereocenters. The van der Waals surface area contributed by atoms with Crippen LogP contribution in [0.4, 0.5) is 10.1 Å². The molecular formula is C33H33BrFN3O4S. The lowest BCUT2D eigenvalue weighted by molar-refractivity contribution is -0.140. The van der Waals surface area contributed by atoms with E-state index in [4.69, 9.17) is 0 Å². The lowest BCUT2D eigenvalue weighted by Crippen LogP contribution is -2.53. The third-order valence-electron chi connectivity index (χ3n) is 6.92. The maximum atomic E-state index is 14.9. The van der Waals surface area contributed by atoms with Gasteiger partial charge in [-0.15, -0.1) is 0 Å². The Morgan fingerprint density at radius 3 is 2.14 bits per heavy atom. The molecule has 4 aromatic rings. The van der Waals surface area contributed by atoms with Gasteiger partial charge in [-0.2, -0.15) is 0 Å². The van der Waals surface area contributed by atoms with Crippen LogP contribution in [0.15, 0.2) is 112 Å². The normalized spacial score (nSPS) is 11.9. The minimum absolute atomic E-state index is 0.0130. The topological polar surface area (TPSA) is 86.8 Å². The molecule has 0 aliphatic heterocycles. The van der Waals surface area contributed by atoms with Crippen molar-refractivity contribution in [2.45, 2.75) is 37.8 Å². The summed E-state index contributed by atoms with van der Waals surface area (Å²) in [6, 6.07) is 27.1. The van der Waals surface area contributed by atoms with Gasteiger partial charge in [0.15, 0.2) is 0 Å². The van der Waals surface area contributed by atoms with E-state index < -0.39 is 40.2 Å². The van der Waals surface area contributed by atoms with E-state index in [1.54, 1.807) is 61.5 Å². The fraction of sp³-hybridized carbons (Fsp3) is 0.212. The van der Waals surface area contributed by atoms with Gasteiger partial charge in [0.25, 0.3) is 10.0 Å². The summed E-state index contributed by atoms with van der Waals surface area (Å²) in [7, 11) is -4.21. The van der Waals surface area contributed by atoms with Gasteiger partial charge in [0.2, 0.25) is 11.8 Å². The summed E-state index contributed by atoms with van der Waals surface area (Å²) in [6.07, 6.45) is 0.149. The number of halogens is 2. The van der Waals surface area contributed by atoms with Gasteiger partial charge in [-0.3, -0.25) is 13.9 Å². The van der Waals surface area contributed by atoms with Crippen LogP contribution in [-0.2, 0) is 32.6 Å². The predicted molar refractivity (Wildman–Crippen MR) is 169 cm³/mol. The molecule has 0 heterocycles. The number of sulfonamides is 1. The van der Waals surface area contributed by atoms with Gasteiger partial charge in [0.05, 0.1) is 10.6 Å². The van der Waals surface area contributed by atoms with Crippen LogP contribution in [0.2, 0.25) is 0 Å². The lowest BCUT2D eigenvalue weighted by Gasteiger charge is -2.34. The molecule has 7 nitrogen and oxygen atoms in total. The molecule has 0 bridgehead atoms. The van der Waals surface area contributed by atoms with Crippen molar-refractivity contribution in [3.63, 3.8) is 0 Å². The number of carbonyl (C=O) groups excluding carboxylic acids is 2. The SMILES string of the molecule is CCNC(=O)[C@H](Cc1ccccc1)N(Cc1ccccc1F)C(=O)CN(c1ccc(Br)cc1)S(=O)(=O)c1ccc(C)cc1. The van der Waals surface area contributed by atoms with E-state index in [0.717, 1.165) is 19.9 Å². The zero-order valence-electron chi connectivity index (χ0n) is 23.9. The molecule has 4 rings (SSSR count). The van der Waals surface area contributed by atoms with Gasteiger partial charge in [0, 0.05) is 29.5 Å². The molecule has 224 valence electrons. The maximum Gasteiger partial charge on any atom is 0.264 e. The first-order valence-corrected chi connectivity index (χ1v) is 16.0. The molecule has 0 unspecified atom stereocenters. The molecule has 0 aliphatic rings. The number of rotatable bonds is 12. The smallest absolute Gasteiger partial charge is 0.264 e. The standard InChI is InChI=1S/C33H33BrFN3O4S/c1-3-36-33(40)31(21-25-9-5-4-6-10-25)37(22-26-11-7-8-12-30(26)35)32(39)23-38(28-17-15-27(34)16-18-28)43(41,42)29-19-13-24(2)14-20-29/h4-20,31H,3,21-23H2,1-2H3,(H,36,40)/t31-/m0/s1. The molecule has 0 fully saturated rings. The van der Waals surface area contributed by atoms with Crippen LogP contribution >= 0.6 is 15.9 Å². The highest BCUT2D eigenvalue weighted by molar-refractivity contribution is 9.10. The summed E-state index contributed by atoms with van der Waals surface area (Å²) >= 11 is 3.37. The van der Waals surface area contributed by atoms with E-state index >= 15 is 0 Å². The Labute approximate surface area is 260 Å². The fourth-order valence-electron chi connectivity index (χ4n) is 4.63. The van der Waals surface area contributed by atoms with Crippen LogP contribution in [-0.4, -0.2) is 44.3 Å². The number of benzene rings is 4. The third-order valence-corrected chi connectivity index (χ3v) is 9.24. The van der Waals surface area contributed by atoms with Gasteiger partial charge in [0.1, 0.15) is 18.4 Å². The number of hydrogen-bond donors (Lipinski definition) is 1. The van der Waals surface area contributed by atoms with Gasteiger partial charge in [-0.1, -0.05) is 82.2 Å². The lowest BCUT2D eigenvalue weighted by atomic mass is 10.0. The molecule has 0 aliphatic carbocycles. The second-order valence-electron chi connectivity index (χ2n) is 10.0. The van der Waals surface area contributed by atoms with Crippen molar-refractivity contribution < 1.29 is 22.4 Å². The molecule has 0 spiro atoms. The maximum absolute atomic E-state index is 14.9. The minimum Gasteiger partial charge on any atom is -0.355 e. The number of aryl methyl sites for hydroxylation is 1. The number of hydrogen-bond acceptors (Lipinski definition) is 4. The monoisotopic (exact) mass is 665 g/mol. The first kappa shape index (κ1) is 31.9. The fourth-order valence-corrected chi connectivity index (χ4v) is 6.31. The average Bonchev–Trinajstić information content (AvgIpc) is 3.00. The zero-order chi connectivity index (χ0) is 31.0. The first-order valence-electron chi connectivity index (χ1n) is 13.8. The highest BCUT2D eigenvalue weighted by Crippen LogP contribution is 2.27. The van der Waals surface area contributed by atoms with Gasteiger partial charge < -0.3 is 10.2 Å². The summed E-state index contributed by atoms with van der Waals surface area (Å²) in [5, 5.41) is 2.79. The first-order chi connectivity index (χ1) is 20.6. The van der Waals surface area contributed by atoms with Crippen molar-refractivity contribution in [2.24, 2.45) is 0 Å². The average molecular weight is 667 g/mol. The Hall–Kier alpha value is -4.02. The van der Waals surface area contributed by atoms with Crippen LogP contribution in [0.5, 0.6) is 0 Å². The number of amides is 2. The summed E-state index contributed by atoms with van der Waals surface area (Å²) in [6.45, 7) is 3.08. The molecule has 4 aromatic carbocycles. The third kappa shape index (κ3) is 8.09. The van der Waals surface area contributed by atoms with Crippen molar-refractivity contribution >= 4 is 43.5 Å². The van der Waals surface area contributed by atoms with E-state index in [0.29, 0.717) is 6.54 Å². The Kier molecular flexibility index (Phi) is 10.7. The highest BCUT2D eigenvalue weighted by atomic mass is 79.9. The Balaban J connectivity index is 1.80. The largest absolute Gasteiger partial charge is 0.355 e. The van der Waals surface area contributed by atoms with Crippen molar-refractivity contribution in [2.75, 3.05) is 17.4 Å². The van der Waals surface area contributed by atoms with E-state index in [1.807, 2.05) is 37.3 Å². The second-order valence-corrected chi connectivity index (χ2v) is 12.8. The van der Waals surface area contributed by atoms with Gasteiger partial charge in [-0.05, 0) is 61.9 Å². The van der Waals surface area contributed by atoms with Crippen LogP contribution < -0.4 is 9.62 Å². The second kappa shape index (κ2) is 14.4. The van der Waals surface area contributed by atoms with Crippen molar-refractivity contribution in [1.29, 1.82) is 0 Å². The van der Waals surface area contributed by atoms with Crippen molar-refractivity contribution in [3.05, 3.63) is 130 Å². The van der Waals surface area contributed by atoms with Gasteiger partial charge >= 0.3 is 0 Å². The molecule has 0 saturated heterocycles. The number of carbonyl (C=O) groups is 2. The van der Waals surface area contributed by atoms with E-state index in [2.05, 4.69) is 21.2 Å². The Bertz CT molecular complexity index is 1650. The summed E-state index contributed by atoms with van der Waals surface area (Å²) < 4.78 is 44.7. The van der Waals surface area contributed by atoms with Crippen LogP contribution in [0.25, 0.3) is 0 Å². The Morgan fingerprint density at radius 2 is 1.51 bits per heavy atom. The number of nitrogens with one attached hydrogen (secondary N) is 1. The highest BCUT2D eigenvalue weighted by Gasteiger charge is 2.34. The minimum atomic E-state index is -4.21. The predicted octanol–water partition coefficient (Wildman–Crippen LogP) is 5.87. The molecule has 43 heavy (non-hydrogen) atoms.